The first-order chi connectivity index (χ1) is 28.2. The molecular weight excluding hydrogens is 703 g/mol. The summed E-state index contributed by atoms with van der Waals surface area (Å²) in [4.78, 5) is 29.7. The molecule has 0 aliphatic carbocycles. The summed E-state index contributed by atoms with van der Waals surface area (Å²) < 4.78 is 6.71. The third-order valence-electron chi connectivity index (χ3n) is 9.83. The van der Waals surface area contributed by atoms with Gasteiger partial charge in [0.2, 0.25) is 0 Å². The van der Waals surface area contributed by atoms with Gasteiger partial charge in [0.05, 0.1) is 17.2 Å². The maximum atomic E-state index is 9.41. The topological polar surface area (TPSA) is 114 Å². The van der Waals surface area contributed by atoms with Crippen LogP contribution in [-0.2, 0) is 0 Å². The van der Waals surface area contributed by atoms with E-state index in [-0.39, 0.29) is 0 Å². The van der Waals surface area contributed by atoms with Crippen LogP contribution >= 0.6 is 0 Å². The molecule has 3 heterocycles. The lowest BCUT2D eigenvalue weighted by Gasteiger charge is -2.09. The van der Waals surface area contributed by atoms with E-state index in [0.29, 0.717) is 51.7 Å². The Morgan fingerprint density at radius 3 is 1.37 bits per heavy atom. The average Bonchev–Trinajstić information content (AvgIpc) is 3.68. The Kier molecular flexibility index (Phi) is 8.36. The normalized spacial score (nSPS) is 11.1. The fourth-order valence-corrected chi connectivity index (χ4v) is 6.97. The zero-order valence-corrected chi connectivity index (χ0v) is 30.3. The average molecular weight is 732 g/mol. The first-order valence-corrected chi connectivity index (χ1v) is 18.4. The third-order valence-corrected chi connectivity index (χ3v) is 9.83. The van der Waals surface area contributed by atoms with Crippen LogP contribution in [0.5, 0.6) is 0 Å². The molecule has 0 spiro atoms. The van der Waals surface area contributed by atoms with E-state index < -0.39 is 0 Å². The minimum absolute atomic E-state index is 0.493. The highest BCUT2D eigenvalue weighted by Crippen LogP contribution is 2.38. The number of hydrogen-bond donors (Lipinski definition) is 0. The molecule has 0 aliphatic heterocycles. The van der Waals surface area contributed by atoms with Crippen LogP contribution in [0.15, 0.2) is 180 Å². The van der Waals surface area contributed by atoms with Crippen molar-refractivity contribution >= 4 is 21.9 Å². The van der Waals surface area contributed by atoms with E-state index in [9.17, 15) is 5.26 Å². The van der Waals surface area contributed by atoms with Crippen molar-refractivity contribution in [2.75, 3.05) is 0 Å². The molecule has 0 amide bonds. The molecule has 7 aromatic carbocycles. The van der Waals surface area contributed by atoms with Crippen molar-refractivity contribution in [1.29, 1.82) is 5.26 Å². The van der Waals surface area contributed by atoms with Gasteiger partial charge in [0, 0.05) is 38.6 Å². The second kappa shape index (κ2) is 14.3. The predicted octanol–water partition coefficient (Wildman–Crippen LogP) is 11.5. The van der Waals surface area contributed by atoms with Crippen molar-refractivity contribution in [2.45, 2.75) is 0 Å². The first-order valence-electron chi connectivity index (χ1n) is 18.4. The molecule has 0 radical (unpaired) electrons. The summed E-state index contributed by atoms with van der Waals surface area (Å²) in [5.74, 6) is 3.30. The van der Waals surface area contributed by atoms with Gasteiger partial charge in [-0.15, -0.1) is 0 Å². The van der Waals surface area contributed by atoms with Crippen molar-refractivity contribution in [2.24, 2.45) is 0 Å². The molecule has 10 rings (SSSR count). The van der Waals surface area contributed by atoms with Gasteiger partial charge >= 0.3 is 0 Å². The molecule has 8 heteroatoms. The van der Waals surface area contributed by atoms with Crippen LogP contribution in [-0.4, -0.2) is 29.9 Å². The summed E-state index contributed by atoms with van der Waals surface area (Å²) in [5, 5.41) is 11.3. The molecule has 57 heavy (non-hydrogen) atoms. The summed E-state index contributed by atoms with van der Waals surface area (Å²) in [5.41, 5.74) is 8.98. The van der Waals surface area contributed by atoms with Crippen molar-refractivity contribution < 1.29 is 4.42 Å². The zero-order chi connectivity index (χ0) is 38.1. The SMILES string of the molecule is N#Cc1cccc(-c2ccc(-c3nc(-c4ccccc4)nc(-c4cccc5c4oc4cc(-c6nc(-c7ccccc7)nc(-c7ccccc7)n6)ccc45)n3)cc2)c1. The minimum Gasteiger partial charge on any atom is -0.455 e. The van der Waals surface area contributed by atoms with Gasteiger partial charge in [0.25, 0.3) is 0 Å². The number of aromatic nitrogens is 6. The number of rotatable bonds is 7. The Hall–Kier alpha value is -8.15. The number of para-hydroxylation sites is 1. The second-order valence-electron chi connectivity index (χ2n) is 13.5. The molecular formula is C49H29N7O. The van der Waals surface area contributed by atoms with E-state index in [1.54, 1.807) is 6.07 Å². The van der Waals surface area contributed by atoms with Gasteiger partial charge in [-0.3, -0.25) is 0 Å². The van der Waals surface area contributed by atoms with Crippen LogP contribution in [0.1, 0.15) is 5.56 Å². The maximum absolute atomic E-state index is 9.41. The fraction of sp³-hybridized carbons (Fsp3) is 0. The van der Waals surface area contributed by atoms with Gasteiger partial charge in [-0.2, -0.15) is 5.26 Å². The lowest BCUT2D eigenvalue weighted by molar-refractivity contribution is 0.669. The number of nitriles is 1. The highest BCUT2D eigenvalue weighted by Gasteiger charge is 2.19. The zero-order valence-electron chi connectivity index (χ0n) is 30.3. The molecule has 0 unspecified atom stereocenters. The van der Waals surface area contributed by atoms with E-state index in [0.717, 1.165) is 55.3 Å². The van der Waals surface area contributed by atoms with Gasteiger partial charge < -0.3 is 4.42 Å². The second-order valence-corrected chi connectivity index (χ2v) is 13.5. The van der Waals surface area contributed by atoms with Crippen LogP contribution in [0.4, 0.5) is 0 Å². The highest BCUT2D eigenvalue weighted by molar-refractivity contribution is 6.09. The van der Waals surface area contributed by atoms with Crippen LogP contribution in [0.25, 0.3) is 101 Å². The number of furan rings is 1. The van der Waals surface area contributed by atoms with Crippen LogP contribution < -0.4 is 0 Å². The van der Waals surface area contributed by atoms with Crippen molar-refractivity contribution in [3.63, 3.8) is 0 Å². The van der Waals surface area contributed by atoms with E-state index in [2.05, 4.69) is 18.2 Å². The fourth-order valence-electron chi connectivity index (χ4n) is 6.97. The van der Waals surface area contributed by atoms with E-state index in [1.807, 2.05) is 158 Å². The smallest absolute Gasteiger partial charge is 0.167 e. The molecule has 0 bridgehead atoms. The molecule has 266 valence electrons. The predicted molar refractivity (Wildman–Crippen MR) is 223 cm³/mol. The molecule has 0 N–H and O–H groups in total. The molecule has 8 nitrogen and oxygen atoms in total. The third kappa shape index (κ3) is 6.45. The summed E-state index contributed by atoms with van der Waals surface area (Å²) in [6, 6.07) is 59.7. The highest BCUT2D eigenvalue weighted by atomic mass is 16.3. The van der Waals surface area contributed by atoms with Crippen LogP contribution in [0, 0.1) is 11.3 Å². The van der Waals surface area contributed by atoms with Crippen molar-refractivity contribution in [3.05, 3.63) is 181 Å². The van der Waals surface area contributed by atoms with Gasteiger partial charge in [-0.25, -0.2) is 29.9 Å². The summed E-state index contributed by atoms with van der Waals surface area (Å²) in [6.45, 7) is 0. The van der Waals surface area contributed by atoms with E-state index in [1.165, 1.54) is 0 Å². The van der Waals surface area contributed by atoms with Crippen LogP contribution in [0.3, 0.4) is 0 Å². The largest absolute Gasteiger partial charge is 0.455 e. The number of nitrogens with zero attached hydrogens (tertiary/aromatic N) is 7. The standard InChI is InChI=1S/C49H29N7O/c50-30-31-12-10-19-37(28-31)32-22-24-36(25-23-32)47-52-46(35-17-8-3-9-18-35)55-49(56-47)41-21-11-20-40-39-27-26-38(29-42(39)57-43(40)41)48-53-44(33-13-4-1-5-14-33)51-45(54-48)34-15-6-2-7-16-34/h1-29H. The molecule has 0 aliphatic rings. The summed E-state index contributed by atoms with van der Waals surface area (Å²) in [6.07, 6.45) is 0. The Bertz CT molecular complexity index is 3060. The number of hydrogen-bond acceptors (Lipinski definition) is 8. The molecule has 0 saturated carbocycles. The Morgan fingerprint density at radius 2 is 0.807 bits per heavy atom. The molecule has 0 atom stereocenters. The maximum Gasteiger partial charge on any atom is 0.167 e. The molecule has 0 fully saturated rings. The van der Waals surface area contributed by atoms with Gasteiger partial charge in [0.15, 0.2) is 34.9 Å². The first kappa shape index (κ1) is 33.4. The summed E-state index contributed by atoms with van der Waals surface area (Å²) in [7, 11) is 0. The minimum atomic E-state index is 0.493. The lowest BCUT2D eigenvalue weighted by atomic mass is 10.0. The number of fused-ring (bicyclic) bond motifs is 3. The Morgan fingerprint density at radius 1 is 0.351 bits per heavy atom. The van der Waals surface area contributed by atoms with Crippen molar-refractivity contribution in [3.8, 4) is 85.5 Å². The van der Waals surface area contributed by atoms with E-state index >= 15 is 0 Å². The summed E-state index contributed by atoms with van der Waals surface area (Å²) >= 11 is 0. The Labute approximate surface area is 327 Å². The van der Waals surface area contributed by atoms with E-state index in [4.69, 9.17) is 34.3 Å². The molecule has 3 aromatic heterocycles. The monoisotopic (exact) mass is 731 g/mol. The van der Waals surface area contributed by atoms with Gasteiger partial charge in [0.1, 0.15) is 11.2 Å². The van der Waals surface area contributed by atoms with Crippen LogP contribution in [0.2, 0.25) is 0 Å². The lowest BCUT2D eigenvalue weighted by Crippen LogP contribution is -2.00. The molecule has 10 aromatic rings. The van der Waals surface area contributed by atoms with Gasteiger partial charge in [-0.1, -0.05) is 146 Å². The van der Waals surface area contributed by atoms with Gasteiger partial charge in [-0.05, 0) is 41.5 Å². The Balaban J connectivity index is 1.09. The molecule has 0 saturated heterocycles. The number of benzene rings is 7. The van der Waals surface area contributed by atoms with Crippen molar-refractivity contribution in [1.82, 2.24) is 29.9 Å². The quantitative estimate of drug-likeness (QED) is 0.159.